The van der Waals surface area contributed by atoms with E-state index in [-0.39, 0.29) is 16.9 Å². The second-order valence-corrected chi connectivity index (χ2v) is 6.32. The van der Waals surface area contributed by atoms with E-state index in [1.807, 2.05) is 0 Å². The summed E-state index contributed by atoms with van der Waals surface area (Å²) in [5.74, 6) is 0.297. The molecule has 26 heavy (non-hydrogen) atoms. The third kappa shape index (κ3) is 3.36. The Morgan fingerprint density at radius 3 is 2.92 bits per heavy atom. The second kappa shape index (κ2) is 6.93. The van der Waals surface area contributed by atoms with Gasteiger partial charge < -0.3 is 19.9 Å². The van der Waals surface area contributed by atoms with Crippen molar-refractivity contribution in [1.29, 1.82) is 0 Å². The van der Waals surface area contributed by atoms with Gasteiger partial charge in [0.15, 0.2) is 11.5 Å². The predicted octanol–water partition coefficient (Wildman–Crippen LogP) is 4.04. The van der Waals surface area contributed by atoms with Crippen LogP contribution in [0.5, 0.6) is 11.5 Å². The third-order valence-electron chi connectivity index (χ3n) is 4.08. The standard InChI is InChI=1S/C18H15ClFN3O3/c19-13-5-10(1-2-14(13)20)23-18-12-6-16(24)17(7-15(12)21-9-22-18)26-11-3-4-25-8-11/h1-2,5-7,9,11,24H,3-4,8H2,(H,21,22,23). The van der Waals surface area contributed by atoms with Crippen LogP contribution >= 0.6 is 11.6 Å². The maximum absolute atomic E-state index is 13.3. The van der Waals surface area contributed by atoms with E-state index in [4.69, 9.17) is 21.1 Å². The van der Waals surface area contributed by atoms with Crippen molar-refractivity contribution in [3.63, 3.8) is 0 Å². The van der Waals surface area contributed by atoms with Gasteiger partial charge in [0.2, 0.25) is 0 Å². The highest BCUT2D eigenvalue weighted by Crippen LogP contribution is 2.35. The van der Waals surface area contributed by atoms with Crippen LogP contribution in [-0.2, 0) is 4.74 Å². The lowest BCUT2D eigenvalue weighted by Gasteiger charge is -2.15. The Hall–Kier alpha value is -2.64. The van der Waals surface area contributed by atoms with E-state index in [9.17, 15) is 9.50 Å². The monoisotopic (exact) mass is 375 g/mol. The number of benzene rings is 2. The number of fused-ring (bicyclic) bond motifs is 1. The minimum Gasteiger partial charge on any atom is -0.504 e. The summed E-state index contributed by atoms with van der Waals surface area (Å²) in [5.41, 5.74) is 1.17. The van der Waals surface area contributed by atoms with Crippen LogP contribution in [0.1, 0.15) is 6.42 Å². The van der Waals surface area contributed by atoms with E-state index in [2.05, 4.69) is 15.3 Å². The smallest absolute Gasteiger partial charge is 0.163 e. The van der Waals surface area contributed by atoms with Gasteiger partial charge in [-0.2, -0.15) is 0 Å². The average Bonchev–Trinajstić information content (AvgIpc) is 3.13. The van der Waals surface area contributed by atoms with Crippen molar-refractivity contribution in [2.75, 3.05) is 18.5 Å². The van der Waals surface area contributed by atoms with Crippen molar-refractivity contribution in [1.82, 2.24) is 9.97 Å². The van der Waals surface area contributed by atoms with Crippen molar-refractivity contribution in [3.05, 3.63) is 47.5 Å². The fourth-order valence-corrected chi connectivity index (χ4v) is 2.94. The minimum atomic E-state index is -0.500. The van der Waals surface area contributed by atoms with Crippen molar-refractivity contribution < 1.29 is 19.0 Å². The fraction of sp³-hybridized carbons (Fsp3) is 0.222. The third-order valence-corrected chi connectivity index (χ3v) is 4.37. The van der Waals surface area contributed by atoms with Gasteiger partial charge in [-0.25, -0.2) is 14.4 Å². The zero-order valence-electron chi connectivity index (χ0n) is 13.6. The van der Waals surface area contributed by atoms with Crippen molar-refractivity contribution in [2.45, 2.75) is 12.5 Å². The van der Waals surface area contributed by atoms with Gasteiger partial charge in [-0.05, 0) is 24.3 Å². The predicted molar refractivity (Wildman–Crippen MR) is 95.7 cm³/mol. The summed E-state index contributed by atoms with van der Waals surface area (Å²) < 4.78 is 24.4. The Bertz CT molecular complexity index is 964. The molecule has 2 aromatic carbocycles. The van der Waals surface area contributed by atoms with Gasteiger partial charge in [-0.15, -0.1) is 0 Å². The first kappa shape index (κ1) is 16.8. The number of nitrogens with zero attached hydrogens (tertiary/aromatic N) is 2. The summed E-state index contributed by atoms with van der Waals surface area (Å²) in [6, 6.07) is 7.47. The van der Waals surface area contributed by atoms with Gasteiger partial charge in [0.05, 0.1) is 23.8 Å². The lowest BCUT2D eigenvalue weighted by Crippen LogP contribution is -2.15. The summed E-state index contributed by atoms with van der Waals surface area (Å²) in [6.07, 6.45) is 2.09. The summed E-state index contributed by atoms with van der Waals surface area (Å²) in [5, 5.41) is 14.0. The van der Waals surface area contributed by atoms with Gasteiger partial charge in [-0.1, -0.05) is 11.6 Å². The van der Waals surface area contributed by atoms with Gasteiger partial charge in [0.25, 0.3) is 0 Å². The molecule has 0 spiro atoms. The first-order valence-corrected chi connectivity index (χ1v) is 8.42. The first-order chi connectivity index (χ1) is 12.6. The van der Waals surface area contributed by atoms with Crippen LogP contribution in [0.15, 0.2) is 36.7 Å². The lowest BCUT2D eigenvalue weighted by molar-refractivity contribution is 0.139. The Kier molecular flexibility index (Phi) is 4.48. The van der Waals surface area contributed by atoms with Crippen LogP contribution in [0.3, 0.4) is 0 Å². The molecule has 2 N–H and O–H groups in total. The molecule has 6 nitrogen and oxygen atoms in total. The minimum absolute atomic E-state index is 0.00526. The van der Waals surface area contributed by atoms with E-state index in [1.165, 1.54) is 24.5 Å². The van der Waals surface area contributed by atoms with Crippen LogP contribution in [0.2, 0.25) is 5.02 Å². The summed E-state index contributed by atoms with van der Waals surface area (Å²) in [6.45, 7) is 1.15. The molecule has 2 heterocycles. The molecule has 1 unspecified atom stereocenters. The molecule has 1 fully saturated rings. The number of halogens is 2. The van der Waals surface area contributed by atoms with Crippen LogP contribution in [-0.4, -0.2) is 34.4 Å². The Labute approximate surface area is 153 Å². The number of phenols is 1. The molecule has 1 aliphatic heterocycles. The highest BCUT2D eigenvalue weighted by atomic mass is 35.5. The number of anilines is 2. The Balaban J connectivity index is 1.67. The second-order valence-electron chi connectivity index (χ2n) is 5.92. The summed E-state index contributed by atoms with van der Waals surface area (Å²) in [4.78, 5) is 8.43. The van der Waals surface area contributed by atoms with Crippen molar-refractivity contribution in [3.8, 4) is 11.5 Å². The van der Waals surface area contributed by atoms with Crippen molar-refractivity contribution >= 4 is 34.0 Å². The zero-order chi connectivity index (χ0) is 18.1. The topological polar surface area (TPSA) is 76.5 Å². The zero-order valence-corrected chi connectivity index (χ0v) is 14.3. The first-order valence-electron chi connectivity index (χ1n) is 8.04. The highest BCUT2D eigenvalue weighted by Gasteiger charge is 2.20. The number of hydrogen-bond donors (Lipinski definition) is 2. The van der Waals surface area contributed by atoms with Crippen LogP contribution in [0.4, 0.5) is 15.9 Å². The van der Waals surface area contributed by atoms with E-state index in [1.54, 1.807) is 12.1 Å². The van der Waals surface area contributed by atoms with Crippen LogP contribution in [0, 0.1) is 5.82 Å². The number of phenolic OH excluding ortho intramolecular Hbond substituents is 1. The number of hydrogen-bond acceptors (Lipinski definition) is 6. The molecule has 0 radical (unpaired) electrons. The maximum atomic E-state index is 13.3. The maximum Gasteiger partial charge on any atom is 0.163 e. The van der Waals surface area contributed by atoms with Gasteiger partial charge in [-0.3, -0.25) is 0 Å². The van der Waals surface area contributed by atoms with Gasteiger partial charge >= 0.3 is 0 Å². The molecule has 0 saturated carbocycles. The molecule has 1 saturated heterocycles. The molecule has 1 aliphatic rings. The molecule has 0 aliphatic carbocycles. The molecule has 4 rings (SSSR count). The molecule has 8 heteroatoms. The fourth-order valence-electron chi connectivity index (χ4n) is 2.76. The quantitative estimate of drug-likeness (QED) is 0.716. The highest BCUT2D eigenvalue weighted by molar-refractivity contribution is 6.31. The van der Waals surface area contributed by atoms with E-state index >= 15 is 0 Å². The number of nitrogens with one attached hydrogen (secondary N) is 1. The van der Waals surface area contributed by atoms with E-state index < -0.39 is 5.82 Å². The number of aromatic hydroxyl groups is 1. The molecule has 3 aromatic rings. The van der Waals surface area contributed by atoms with Gasteiger partial charge in [0, 0.05) is 23.6 Å². The van der Waals surface area contributed by atoms with E-state index in [0.29, 0.717) is 41.4 Å². The normalized spacial score (nSPS) is 16.8. The largest absolute Gasteiger partial charge is 0.504 e. The SMILES string of the molecule is Oc1cc2c(Nc3ccc(F)c(Cl)c3)ncnc2cc1OC1CCOC1. The lowest BCUT2D eigenvalue weighted by atomic mass is 10.2. The van der Waals surface area contributed by atoms with Gasteiger partial charge in [0.1, 0.15) is 24.1 Å². The molecule has 0 bridgehead atoms. The number of ether oxygens (including phenoxy) is 2. The molecule has 1 aromatic heterocycles. The van der Waals surface area contributed by atoms with Crippen LogP contribution < -0.4 is 10.1 Å². The summed E-state index contributed by atoms with van der Waals surface area (Å²) >= 11 is 5.81. The number of rotatable bonds is 4. The Morgan fingerprint density at radius 2 is 2.15 bits per heavy atom. The molecule has 0 amide bonds. The average molecular weight is 376 g/mol. The van der Waals surface area contributed by atoms with Crippen LogP contribution in [0.25, 0.3) is 10.9 Å². The Morgan fingerprint density at radius 1 is 1.27 bits per heavy atom. The number of aromatic nitrogens is 2. The molecule has 134 valence electrons. The molecular weight excluding hydrogens is 361 g/mol. The van der Waals surface area contributed by atoms with E-state index in [0.717, 1.165) is 6.42 Å². The molecular formula is C18H15ClFN3O3. The van der Waals surface area contributed by atoms with Crippen molar-refractivity contribution in [2.24, 2.45) is 0 Å². The molecule has 1 atom stereocenters. The summed E-state index contributed by atoms with van der Waals surface area (Å²) in [7, 11) is 0.